The molecule has 2 saturated heterocycles. The largest absolute Gasteiger partial charge is 0.478 e. The summed E-state index contributed by atoms with van der Waals surface area (Å²) in [6.07, 6.45) is -5.42. The lowest BCUT2D eigenvalue weighted by Crippen LogP contribution is -2.50. The summed E-state index contributed by atoms with van der Waals surface area (Å²) in [6.45, 7) is -0.149. The number of amides is 2. The van der Waals surface area contributed by atoms with Gasteiger partial charge in [0.2, 0.25) is 5.91 Å². The van der Waals surface area contributed by atoms with Gasteiger partial charge < -0.3 is 29.9 Å². The number of likely N-dealkylation sites (tertiary alicyclic amines) is 1. The first-order valence-corrected chi connectivity index (χ1v) is 17.8. The zero-order valence-corrected chi connectivity index (χ0v) is 28.7. The van der Waals surface area contributed by atoms with Crippen LogP contribution in [-0.4, -0.2) is 63.5 Å². The van der Waals surface area contributed by atoms with Gasteiger partial charge in [-0.1, -0.05) is 84.9 Å². The van der Waals surface area contributed by atoms with Crippen LogP contribution < -0.4 is 5.32 Å². The molecular weight excluding hydrogens is 697 g/mol. The van der Waals surface area contributed by atoms with Gasteiger partial charge in [0.25, 0.3) is 0 Å². The summed E-state index contributed by atoms with van der Waals surface area (Å²) in [5, 5.41) is 21.9. The Morgan fingerprint density at radius 3 is 2.29 bits per heavy atom. The summed E-state index contributed by atoms with van der Waals surface area (Å²) < 4.78 is 52.2. The Balaban J connectivity index is 1.17. The van der Waals surface area contributed by atoms with Gasteiger partial charge in [0, 0.05) is 35.7 Å². The van der Waals surface area contributed by atoms with E-state index in [1.807, 2.05) is 66.7 Å². The topological polar surface area (TPSA) is 125 Å². The highest BCUT2D eigenvalue weighted by Crippen LogP contribution is 2.40. The van der Waals surface area contributed by atoms with Gasteiger partial charge in [-0.05, 0) is 52.8 Å². The number of ether oxygens (including phenoxy) is 2. The molecule has 13 heteroatoms. The number of nitrogens with zero attached hydrogens (tertiary/aromatic N) is 1. The van der Waals surface area contributed by atoms with Crippen LogP contribution in [0.3, 0.4) is 0 Å². The Morgan fingerprint density at radius 2 is 1.58 bits per heavy atom. The molecule has 0 aromatic heterocycles. The second-order valence-electron chi connectivity index (χ2n) is 12.6. The molecule has 9 nitrogen and oxygen atoms in total. The second kappa shape index (κ2) is 16.3. The molecule has 2 fully saturated rings. The van der Waals surface area contributed by atoms with Crippen molar-refractivity contribution in [2.24, 2.45) is 0 Å². The molecule has 2 aliphatic rings. The smallest absolute Gasteiger partial charge is 0.471 e. The molecule has 6 rings (SSSR count). The molecule has 2 amide bonds. The first-order valence-electron chi connectivity index (χ1n) is 16.8. The van der Waals surface area contributed by atoms with Crippen LogP contribution in [0.5, 0.6) is 0 Å². The van der Waals surface area contributed by atoms with Gasteiger partial charge in [-0.3, -0.25) is 9.59 Å². The minimum absolute atomic E-state index is 0.0528. The lowest BCUT2D eigenvalue weighted by Gasteiger charge is -2.36. The number of rotatable bonds is 11. The number of aliphatic hydroxyl groups excluding tert-OH is 1. The van der Waals surface area contributed by atoms with E-state index < -0.39 is 36.3 Å². The standard InChI is InChI=1S/C39H37F3N2O7S/c40-39(41,42)38(49)44-19-5-9-32(44)35(46)43-21-28-6-1-2-7-30(28)25-15-17-27(18-16-25)37-50-29(23-52-34-10-4-3-8-31(34)36(47)48)20-33(51-37)26-13-11-24(22-45)12-14-26/h1-4,6-8,10-18,29,32-33,37,45H,5,9,19-23H2,(H,43,46)(H,47,48)/t29-,32-,33+,37+/m0/s1. The monoisotopic (exact) mass is 734 g/mol. The van der Waals surface area contributed by atoms with Crippen molar-refractivity contribution >= 4 is 29.5 Å². The predicted molar refractivity (Wildman–Crippen MR) is 187 cm³/mol. The summed E-state index contributed by atoms with van der Waals surface area (Å²) in [5.74, 6) is -3.16. The maximum atomic E-state index is 13.1. The molecule has 2 aliphatic heterocycles. The quantitative estimate of drug-likeness (QED) is 0.140. The van der Waals surface area contributed by atoms with E-state index in [4.69, 9.17) is 9.47 Å². The normalized spacial score (nSPS) is 20.4. The summed E-state index contributed by atoms with van der Waals surface area (Å²) in [4.78, 5) is 37.8. The Hall–Kier alpha value is -4.69. The van der Waals surface area contributed by atoms with E-state index in [2.05, 4.69) is 5.32 Å². The Bertz CT molecular complexity index is 1890. The fourth-order valence-corrected chi connectivity index (χ4v) is 7.56. The highest BCUT2D eigenvalue weighted by molar-refractivity contribution is 7.99. The van der Waals surface area contributed by atoms with E-state index in [0.717, 1.165) is 33.4 Å². The van der Waals surface area contributed by atoms with Crippen molar-refractivity contribution in [2.45, 2.75) is 68.0 Å². The van der Waals surface area contributed by atoms with Gasteiger partial charge in [-0.2, -0.15) is 13.2 Å². The van der Waals surface area contributed by atoms with Crippen LogP contribution in [0.4, 0.5) is 13.2 Å². The molecular formula is C39H37F3N2O7S. The fraction of sp³-hybridized carbons (Fsp3) is 0.308. The van der Waals surface area contributed by atoms with Crippen molar-refractivity contribution in [1.82, 2.24) is 10.2 Å². The number of benzene rings is 4. The molecule has 0 radical (unpaired) electrons. The minimum Gasteiger partial charge on any atom is -0.478 e. The summed E-state index contributed by atoms with van der Waals surface area (Å²) in [6, 6.07) is 28.1. The SMILES string of the molecule is O=C(O)c1ccccc1SC[C@@H]1C[C@H](c2ccc(CO)cc2)O[C@H](c2ccc(-c3ccccc3CNC(=O)[C@@H]3CCCN3C(=O)C(F)(F)F)cc2)O1. The van der Waals surface area contributed by atoms with E-state index in [0.29, 0.717) is 28.4 Å². The molecule has 0 unspecified atom stereocenters. The maximum absolute atomic E-state index is 13.1. The molecule has 52 heavy (non-hydrogen) atoms. The van der Waals surface area contributed by atoms with Crippen molar-refractivity contribution in [3.63, 3.8) is 0 Å². The number of nitrogens with one attached hydrogen (secondary N) is 1. The Labute approximate surface area is 302 Å². The fourth-order valence-electron chi connectivity index (χ4n) is 6.50. The number of carboxylic acid groups (broad SMARTS) is 1. The molecule has 0 spiro atoms. The van der Waals surface area contributed by atoms with Gasteiger partial charge >= 0.3 is 18.1 Å². The summed E-state index contributed by atoms with van der Waals surface area (Å²) in [5.41, 5.74) is 5.04. The Kier molecular flexibility index (Phi) is 11.6. The highest BCUT2D eigenvalue weighted by atomic mass is 32.2. The number of halogens is 3. The maximum Gasteiger partial charge on any atom is 0.471 e. The van der Waals surface area contributed by atoms with Gasteiger partial charge in [0.15, 0.2) is 6.29 Å². The van der Waals surface area contributed by atoms with E-state index in [-0.39, 0.29) is 43.9 Å². The number of carbonyl (C=O) groups is 3. The number of carbonyl (C=O) groups excluding carboxylic acids is 2. The third-order valence-electron chi connectivity index (χ3n) is 9.18. The summed E-state index contributed by atoms with van der Waals surface area (Å²) in [7, 11) is 0. The number of hydrogen-bond donors (Lipinski definition) is 3. The van der Waals surface area contributed by atoms with Crippen LogP contribution in [-0.2, 0) is 32.2 Å². The molecule has 4 atom stereocenters. The van der Waals surface area contributed by atoms with Crippen LogP contribution in [0, 0.1) is 0 Å². The number of aliphatic hydroxyl groups is 1. The van der Waals surface area contributed by atoms with E-state index in [1.54, 1.807) is 30.3 Å². The van der Waals surface area contributed by atoms with E-state index >= 15 is 0 Å². The zero-order chi connectivity index (χ0) is 36.8. The van der Waals surface area contributed by atoms with E-state index in [9.17, 15) is 37.8 Å². The lowest BCUT2D eigenvalue weighted by atomic mass is 9.97. The minimum atomic E-state index is -5.05. The van der Waals surface area contributed by atoms with Crippen LogP contribution in [0.25, 0.3) is 11.1 Å². The van der Waals surface area contributed by atoms with Crippen molar-refractivity contribution in [1.29, 1.82) is 0 Å². The average Bonchev–Trinajstić information content (AvgIpc) is 3.66. The summed E-state index contributed by atoms with van der Waals surface area (Å²) >= 11 is 1.41. The number of aromatic carboxylic acids is 1. The molecule has 0 aliphatic carbocycles. The second-order valence-corrected chi connectivity index (χ2v) is 13.7. The highest BCUT2D eigenvalue weighted by Gasteiger charge is 2.47. The molecule has 4 aromatic carbocycles. The third kappa shape index (κ3) is 8.67. The van der Waals surface area contributed by atoms with Gasteiger partial charge in [-0.15, -0.1) is 11.8 Å². The predicted octanol–water partition coefficient (Wildman–Crippen LogP) is 7.05. The van der Waals surface area contributed by atoms with Gasteiger partial charge in [0.05, 0.1) is 24.4 Å². The third-order valence-corrected chi connectivity index (χ3v) is 10.4. The van der Waals surface area contributed by atoms with Crippen LogP contribution >= 0.6 is 11.8 Å². The number of alkyl halides is 3. The molecule has 4 aromatic rings. The molecule has 2 heterocycles. The van der Waals surface area contributed by atoms with Crippen molar-refractivity contribution < 1.29 is 47.2 Å². The number of thioether (sulfide) groups is 1. The molecule has 0 saturated carbocycles. The van der Waals surface area contributed by atoms with Crippen LogP contribution in [0.15, 0.2) is 102 Å². The van der Waals surface area contributed by atoms with Crippen molar-refractivity contribution in [2.75, 3.05) is 12.3 Å². The van der Waals surface area contributed by atoms with Crippen molar-refractivity contribution in [3.05, 3.63) is 125 Å². The molecule has 3 N–H and O–H groups in total. The average molecular weight is 735 g/mol. The van der Waals surface area contributed by atoms with Crippen molar-refractivity contribution in [3.8, 4) is 11.1 Å². The van der Waals surface area contributed by atoms with Gasteiger partial charge in [-0.25, -0.2) is 4.79 Å². The first kappa shape index (κ1) is 37.1. The lowest BCUT2D eigenvalue weighted by molar-refractivity contribution is -0.245. The number of hydrogen-bond acceptors (Lipinski definition) is 7. The Morgan fingerprint density at radius 1 is 0.885 bits per heavy atom. The van der Waals surface area contributed by atoms with Gasteiger partial charge in [0.1, 0.15) is 6.04 Å². The van der Waals surface area contributed by atoms with E-state index in [1.165, 1.54) is 11.8 Å². The number of carboxylic acids is 1. The molecule has 0 bridgehead atoms. The van der Waals surface area contributed by atoms with Crippen LogP contribution in [0.2, 0.25) is 0 Å². The first-order chi connectivity index (χ1) is 25.0. The van der Waals surface area contributed by atoms with Crippen LogP contribution in [0.1, 0.15) is 64.3 Å². The zero-order valence-electron chi connectivity index (χ0n) is 27.9. The molecule has 272 valence electrons.